The number of hydrogen-bond acceptors (Lipinski definition) is 8. The molecule has 1 aliphatic carbocycles. The van der Waals surface area contributed by atoms with E-state index in [0.29, 0.717) is 35.1 Å². The van der Waals surface area contributed by atoms with Gasteiger partial charge in [-0.3, -0.25) is 9.59 Å². The Bertz CT molecular complexity index is 1340. The highest BCUT2D eigenvalue weighted by molar-refractivity contribution is 7.13. The van der Waals surface area contributed by atoms with E-state index in [1.54, 1.807) is 24.4 Å². The van der Waals surface area contributed by atoms with Crippen molar-refractivity contribution in [1.82, 2.24) is 20.3 Å². The summed E-state index contributed by atoms with van der Waals surface area (Å²) < 4.78 is 4.95. The maximum atomic E-state index is 13.1. The predicted octanol–water partition coefficient (Wildman–Crippen LogP) is 2.65. The van der Waals surface area contributed by atoms with Gasteiger partial charge in [0.25, 0.3) is 0 Å². The second-order valence-electron chi connectivity index (χ2n) is 9.65. The first-order valence-corrected chi connectivity index (χ1v) is 13.4. The van der Waals surface area contributed by atoms with Gasteiger partial charge in [0.1, 0.15) is 0 Å². The molecule has 3 N–H and O–H groups in total. The van der Waals surface area contributed by atoms with Gasteiger partial charge in [-0.15, -0.1) is 11.3 Å². The monoisotopic (exact) mass is 544 g/mol. The molecule has 0 spiro atoms. The molecule has 0 bridgehead atoms. The molecule has 2 aromatic heterocycles. The fraction of sp³-hybridized carbons (Fsp3) is 0.440. The zero-order chi connectivity index (χ0) is 26.1. The number of aromatic amines is 1. The molecule has 1 saturated carbocycles. The summed E-state index contributed by atoms with van der Waals surface area (Å²) in [6, 6.07) is 6.71. The van der Waals surface area contributed by atoms with E-state index in [0.717, 1.165) is 41.0 Å². The van der Waals surface area contributed by atoms with Crippen molar-refractivity contribution >= 4 is 57.7 Å². The number of halogens is 1. The molecule has 2 aliphatic rings. The maximum Gasteiger partial charge on any atom is 0.308 e. The van der Waals surface area contributed by atoms with E-state index in [1.807, 2.05) is 13.1 Å². The molecule has 1 fully saturated rings. The van der Waals surface area contributed by atoms with Gasteiger partial charge in [-0.1, -0.05) is 11.6 Å². The number of thiazole rings is 1. The summed E-state index contributed by atoms with van der Waals surface area (Å²) >= 11 is 7.47. The third-order valence-corrected chi connectivity index (χ3v) is 8.38. The van der Waals surface area contributed by atoms with E-state index < -0.39 is 6.04 Å². The Kier molecular flexibility index (Phi) is 7.70. The van der Waals surface area contributed by atoms with Crippen LogP contribution < -0.4 is 10.6 Å². The molecule has 37 heavy (non-hydrogen) atoms. The number of likely N-dealkylation sites (N-methyl/N-ethyl adjacent to an activating group) is 1. The average Bonchev–Trinajstić information content (AvgIpc) is 3.51. The van der Waals surface area contributed by atoms with Crippen LogP contribution in [0.5, 0.6) is 0 Å². The lowest BCUT2D eigenvalue weighted by atomic mass is 9.79. The number of fused-ring (bicyclic) bond motifs is 2. The van der Waals surface area contributed by atoms with E-state index in [4.69, 9.17) is 16.3 Å². The minimum atomic E-state index is -0.393. The van der Waals surface area contributed by atoms with Crippen molar-refractivity contribution < 1.29 is 19.5 Å². The molecule has 1 amide bonds. The van der Waals surface area contributed by atoms with E-state index in [2.05, 4.69) is 25.3 Å². The molecular weight excluding hydrogens is 516 g/mol. The van der Waals surface area contributed by atoms with Crippen LogP contribution >= 0.6 is 22.9 Å². The first kappa shape index (κ1) is 26.0. The van der Waals surface area contributed by atoms with E-state index >= 15 is 0 Å². The average molecular weight is 545 g/mol. The summed E-state index contributed by atoms with van der Waals surface area (Å²) in [7, 11) is 3.41. The number of esters is 1. The summed E-state index contributed by atoms with van der Waals surface area (Å²) in [6.07, 6.45) is 4.01. The molecule has 0 radical (unpaired) electrons. The highest BCUT2D eigenvalue weighted by Gasteiger charge is 2.36. The van der Waals surface area contributed by atoms with Gasteiger partial charge in [-0.2, -0.15) is 5.43 Å². The summed E-state index contributed by atoms with van der Waals surface area (Å²) in [5, 5.41) is 14.6. The van der Waals surface area contributed by atoms with Crippen molar-refractivity contribution in [1.29, 1.82) is 0 Å². The lowest BCUT2D eigenvalue weighted by Crippen LogP contribution is -3.11. The van der Waals surface area contributed by atoms with Crippen LogP contribution in [0.4, 0.5) is 5.82 Å². The predicted molar refractivity (Wildman–Crippen MR) is 142 cm³/mol. The Morgan fingerprint density at radius 2 is 2.22 bits per heavy atom. The smallest absolute Gasteiger partial charge is 0.308 e. The third kappa shape index (κ3) is 5.77. The Hall–Kier alpha value is -2.67. The van der Waals surface area contributed by atoms with Crippen LogP contribution in [0.3, 0.4) is 0 Å². The lowest BCUT2D eigenvalue weighted by Gasteiger charge is -2.35. The maximum absolute atomic E-state index is 13.1. The van der Waals surface area contributed by atoms with Crippen LogP contribution in [0, 0.1) is 17.0 Å². The van der Waals surface area contributed by atoms with Crippen molar-refractivity contribution in [3.8, 4) is 0 Å². The standard InChI is InChI=1S/C25H29ClN6O4S/c1-31-8-7-19-21(13-31)37-24(29-19)23(33)27-12-15-4-3-14(25(34)36-2)10-20(15)30-32(35)22-11-16-9-17(26)5-6-18(16)28-22/h5-6,9,11-12,14-15,20,28,30,32H,3-4,7-8,10,13H2,1-2H3/t14-,15?,20-/m0/s1. The molecule has 10 nitrogen and oxygen atoms in total. The number of nitrogens with zero attached hydrogens (tertiary/aromatic N) is 3. The number of carbonyl (C=O) groups excluding carboxylic acids is 2. The number of methoxy groups -OCH3 is 1. The number of aliphatic imine (C=N–C) groups is 1. The molecule has 196 valence electrons. The number of rotatable bonds is 6. The van der Waals surface area contributed by atoms with Crippen LogP contribution in [0.1, 0.15) is 39.6 Å². The van der Waals surface area contributed by atoms with E-state index in [1.165, 1.54) is 18.4 Å². The van der Waals surface area contributed by atoms with Crippen LogP contribution in [-0.4, -0.2) is 59.7 Å². The fourth-order valence-corrected chi connectivity index (χ4v) is 6.28. The number of carbonyl (C=O) groups is 2. The molecule has 0 saturated heterocycles. The number of quaternary nitrogens is 1. The van der Waals surface area contributed by atoms with Crippen molar-refractivity contribution in [2.75, 3.05) is 20.7 Å². The topological polar surface area (TPSA) is 127 Å². The largest absolute Gasteiger partial charge is 0.607 e. The van der Waals surface area contributed by atoms with Gasteiger partial charge in [0.15, 0.2) is 5.01 Å². The number of hydrogen-bond donors (Lipinski definition) is 3. The zero-order valence-electron chi connectivity index (χ0n) is 20.6. The van der Waals surface area contributed by atoms with Crippen molar-refractivity contribution in [2.45, 2.75) is 38.3 Å². The molecule has 3 heterocycles. The highest BCUT2D eigenvalue weighted by atomic mass is 35.5. The van der Waals surface area contributed by atoms with Crippen molar-refractivity contribution in [3.05, 3.63) is 50.1 Å². The van der Waals surface area contributed by atoms with Gasteiger partial charge in [0.05, 0.1) is 30.3 Å². The third-order valence-electron chi connectivity index (χ3n) is 7.07. The van der Waals surface area contributed by atoms with Gasteiger partial charge in [-0.05, 0) is 44.5 Å². The van der Waals surface area contributed by atoms with Crippen molar-refractivity contribution in [2.24, 2.45) is 16.8 Å². The minimum Gasteiger partial charge on any atom is -0.607 e. The molecule has 3 aromatic rings. The summed E-state index contributed by atoms with van der Waals surface area (Å²) in [4.78, 5) is 40.2. The Morgan fingerprint density at radius 3 is 3.03 bits per heavy atom. The van der Waals surface area contributed by atoms with Gasteiger partial charge in [-0.25, -0.2) is 15.1 Å². The summed E-state index contributed by atoms with van der Waals surface area (Å²) in [5.41, 5.74) is 4.82. The van der Waals surface area contributed by atoms with Gasteiger partial charge in [0.2, 0.25) is 5.82 Å². The van der Waals surface area contributed by atoms with Gasteiger partial charge in [0, 0.05) is 53.0 Å². The normalized spacial score (nSPS) is 23.3. The molecule has 1 aliphatic heterocycles. The quantitative estimate of drug-likeness (QED) is 0.247. The SMILES string of the molecule is COC(=O)[C@H]1CCC(C=NC(=O)c2nc3c(s2)CN(C)CC3)[C@@H](N[NH+]([O-])c2cc3cc(Cl)ccc3[nH]2)C1. The van der Waals surface area contributed by atoms with E-state index in [-0.39, 0.29) is 28.9 Å². The number of ether oxygens (including phenoxy) is 1. The molecule has 12 heteroatoms. The Labute approximate surface area is 223 Å². The van der Waals surface area contributed by atoms with Crippen LogP contribution in [0.25, 0.3) is 10.9 Å². The van der Waals surface area contributed by atoms with Crippen LogP contribution in [-0.2, 0) is 22.5 Å². The Balaban J connectivity index is 1.32. The van der Waals surface area contributed by atoms with E-state index in [9.17, 15) is 14.8 Å². The van der Waals surface area contributed by atoms with Gasteiger partial charge >= 0.3 is 11.9 Å². The summed E-state index contributed by atoms with van der Waals surface area (Å²) in [6.45, 7) is 1.71. The lowest BCUT2D eigenvalue weighted by molar-refractivity contribution is -0.835. The second kappa shape index (κ2) is 11.0. The molecule has 4 atom stereocenters. The number of H-pyrrole nitrogens is 1. The first-order valence-electron chi connectivity index (χ1n) is 12.2. The van der Waals surface area contributed by atoms with Crippen molar-refractivity contribution in [3.63, 3.8) is 0 Å². The number of nitrogens with one attached hydrogen (secondary N) is 3. The van der Waals surface area contributed by atoms with Crippen LogP contribution in [0.15, 0.2) is 29.3 Å². The second-order valence-corrected chi connectivity index (χ2v) is 11.2. The first-order chi connectivity index (χ1) is 17.8. The number of benzene rings is 1. The Morgan fingerprint density at radius 1 is 1.38 bits per heavy atom. The summed E-state index contributed by atoms with van der Waals surface area (Å²) in [5.74, 6) is -0.838. The molecule has 5 rings (SSSR count). The van der Waals surface area contributed by atoms with Crippen LogP contribution in [0.2, 0.25) is 5.02 Å². The molecule has 1 aromatic carbocycles. The number of aromatic nitrogens is 2. The zero-order valence-corrected chi connectivity index (χ0v) is 22.2. The number of amides is 1. The van der Waals surface area contributed by atoms with Gasteiger partial charge < -0.3 is 19.8 Å². The molecular formula is C25H29ClN6O4S. The fourth-order valence-electron chi connectivity index (χ4n) is 5.02. The minimum absolute atomic E-state index is 0.214. The molecule has 2 unspecified atom stereocenters. The highest BCUT2D eigenvalue weighted by Crippen LogP contribution is 2.30.